The molecule has 4 nitrogen and oxygen atoms in total. The summed E-state index contributed by atoms with van der Waals surface area (Å²) in [6.45, 7) is 5.67. The van der Waals surface area contributed by atoms with Gasteiger partial charge in [-0.05, 0) is 31.2 Å². The van der Waals surface area contributed by atoms with Gasteiger partial charge in [0.2, 0.25) is 0 Å². The van der Waals surface area contributed by atoms with E-state index in [1.807, 2.05) is 17.9 Å². The summed E-state index contributed by atoms with van der Waals surface area (Å²) in [4.78, 5) is 0. The van der Waals surface area contributed by atoms with Crippen molar-refractivity contribution >= 4 is 0 Å². The van der Waals surface area contributed by atoms with Gasteiger partial charge in [-0.25, -0.2) is 0 Å². The maximum atomic E-state index is 5.54. The molecule has 0 saturated heterocycles. The largest absolute Gasteiger partial charge is 0.493 e. The normalized spacial score (nSPS) is 19.8. The third-order valence-corrected chi connectivity index (χ3v) is 4.73. The van der Waals surface area contributed by atoms with E-state index in [9.17, 15) is 0 Å². The summed E-state index contributed by atoms with van der Waals surface area (Å²) in [5, 5.41) is 8.15. The lowest BCUT2D eigenvalue weighted by Crippen LogP contribution is -2.39. The van der Waals surface area contributed by atoms with Crippen LogP contribution >= 0.6 is 0 Å². The fourth-order valence-electron chi connectivity index (χ4n) is 3.52. The third kappa shape index (κ3) is 3.00. The average molecular weight is 279 g/mol. The summed E-state index contributed by atoms with van der Waals surface area (Å²) >= 11 is 0. The van der Waals surface area contributed by atoms with Crippen molar-refractivity contribution in [3.63, 3.8) is 0 Å². The molecule has 114 valence electrons. The summed E-state index contributed by atoms with van der Waals surface area (Å²) in [5.74, 6) is 0.910. The Kier molecular flexibility index (Phi) is 5.08. The first-order valence-electron chi connectivity index (χ1n) is 7.91. The standard InChI is InChI=1S/C16H29N3O/c1-5-11-17-15(16(2)9-7-6-8-10-16)14-13(20-4)12-18-19(14)3/h12,15,17H,5-11H2,1-4H3. The number of rotatable bonds is 6. The SMILES string of the molecule is CCCNC(c1c(OC)cnn1C)C1(C)CCCCC1. The molecular weight excluding hydrogens is 250 g/mol. The smallest absolute Gasteiger partial charge is 0.161 e. The van der Waals surface area contributed by atoms with Gasteiger partial charge in [0.05, 0.1) is 25.0 Å². The van der Waals surface area contributed by atoms with E-state index in [2.05, 4.69) is 24.3 Å². The topological polar surface area (TPSA) is 39.1 Å². The number of hydrogen-bond acceptors (Lipinski definition) is 3. The molecule has 1 aromatic rings. The number of methoxy groups -OCH3 is 1. The molecule has 0 aliphatic heterocycles. The van der Waals surface area contributed by atoms with Crippen molar-refractivity contribution < 1.29 is 4.74 Å². The van der Waals surface area contributed by atoms with Gasteiger partial charge in [-0.1, -0.05) is 33.1 Å². The number of nitrogens with one attached hydrogen (secondary N) is 1. The second-order valence-electron chi connectivity index (χ2n) is 6.32. The Labute approximate surface area is 122 Å². The van der Waals surface area contributed by atoms with Gasteiger partial charge >= 0.3 is 0 Å². The summed E-state index contributed by atoms with van der Waals surface area (Å²) in [7, 11) is 3.76. The van der Waals surface area contributed by atoms with E-state index in [0.717, 1.165) is 18.7 Å². The lowest BCUT2D eigenvalue weighted by Gasteiger charge is -2.41. The highest BCUT2D eigenvalue weighted by Gasteiger charge is 2.39. The van der Waals surface area contributed by atoms with Gasteiger partial charge < -0.3 is 10.1 Å². The minimum atomic E-state index is 0.300. The molecule has 1 unspecified atom stereocenters. The number of nitrogens with zero attached hydrogens (tertiary/aromatic N) is 2. The second kappa shape index (κ2) is 6.61. The van der Waals surface area contributed by atoms with Gasteiger partial charge in [-0.3, -0.25) is 4.68 Å². The molecule has 20 heavy (non-hydrogen) atoms. The highest BCUT2D eigenvalue weighted by Crippen LogP contribution is 2.47. The van der Waals surface area contributed by atoms with Crippen LogP contribution in [0, 0.1) is 5.41 Å². The van der Waals surface area contributed by atoms with Crippen LogP contribution in [0.4, 0.5) is 0 Å². The molecule has 1 heterocycles. The Morgan fingerprint density at radius 3 is 2.70 bits per heavy atom. The first-order valence-corrected chi connectivity index (χ1v) is 7.91. The summed E-state index contributed by atoms with van der Waals surface area (Å²) < 4.78 is 7.52. The van der Waals surface area contributed by atoms with E-state index in [1.165, 1.54) is 37.8 Å². The van der Waals surface area contributed by atoms with Gasteiger partial charge in [0, 0.05) is 7.05 Å². The van der Waals surface area contributed by atoms with Gasteiger partial charge in [0.15, 0.2) is 5.75 Å². The number of aryl methyl sites for hydroxylation is 1. The maximum absolute atomic E-state index is 5.54. The molecule has 1 aliphatic rings. The van der Waals surface area contributed by atoms with Crippen LogP contribution in [0.3, 0.4) is 0 Å². The van der Waals surface area contributed by atoms with Crippen molar-refractivity contribution in [2.45, 2.75) is 58.4 Å². The fraction of sp³-hybridized carbons (Fsp3) is 0.812. The van der Waals surface area contributed by atoms with E-state index in [4.69, 9.17) is 4.74 Å². The quantitative estimate of drug-likeness (QED) is 0.867. The molecule has 1 aliphatic carbocycles. The lowest BCUT2D eigenvalue weighted by molar-refractivity contribution is 0.137. The zero-order chi connectivity index (χ0) is 14.6. The Hall–Kier alpha value is -1.03. The van der Waals surface area contributed by atoms with Gasteiger partial charge in [0.25, 0.3) is 0 Å². The van der Waals surface area contributed by atoms with Crippen LogP contribution in [-0.4, -0.2) is 23.4 Å². The summed E-state index contributed by atoms with van der Waals surface area (Å²) in [6, 6.07) is 0.324. The summed E-state index contributed by atoms with van der Waals surface area (Å²) in [5.41, 5.74) is 1.50. The molecule has 1 aromatic heterocycles. The average Bonchev–Trinajstić information content (AvgIpc) is 2.81. The first kappa shape index (κ1) is 15.4. The lowest BCUT2D eigenvalue weighted by atomic mass is 9.69. The molecule has 1 atom stereocenters. The highest BCUT2D eigenvalue weighted by atomic mass is 16.5. The monoisotopic (exact) mass is 279 g/mol. The molecular formula is C16H29N3O. The fourth-order valence-corrected chi connectivity index (χ4v) is 3.52. The molecule has 0 radical (unpaired) electrons. The van der Waals surface area contributed by atoms with Crippen LogP contribution in [0.25, 0.3) is 0 Å². The molecule has 1 fully saturated rings. The molecule has 0 amide bonds. The number of hydrogen-bond donors (Lipinski definition) is 1. The van der Waals surface area contributed by atoms with Crippen LogP contribution in [0.5, 0.6) is 5.75 Å². The van der Waals surface area contributed by atoms with Gasteiger partial charge in [0.1, 0.15) is 0 Å². The number of ether oxygens (including phenoxy) is 1. The molecule has 1 N–H and O–H groups in total. The van der Waals surface area contributed by atoms with Crippen molar-refractivity contribution in [3.8, 4) is 5.75 Å². The maximum Gasteiger partial charge on any atom is 0.161 e. The molecule has 0 bridgehead atoms. The van der Waals surface area contributed by atoms with Crippen molar-refractivity contribution in [2.75, 3.05) is 13.7 Å². The molecule has 4 heteroatoms. The first-order chi connectivity index (χ1) is 9.62. The van der Waals surface area contributed by atoms with Crippen LogP contribution in [0.15, 0.2) is 6.20 Å². The van der Waals surface area contributed by atoms with Crippen LogP contribution in [0.2, 0.25) is 0 Å². The highest BCUT2D eigenvalue weighted by molar-refractivity contribution is 5.30. The zero-order valence-corrected chi connectivity index (χ0v) is 13.4. The minimum Gasteiger partial charge on any atom is -0.493 e. The Bertz CT molecular complexity index is 421. The van der Waals surface area contributed by atoms with Crippen LogP contribution in [0.1, 0.15) is 64.1 Å². The van der Waals surface area contributed by atoms with Crippen molar-refractivity contribution in [1.82, 2.24) is 15.1 Å². The Balaban J connectivity index is 2.33. The molecule has 1 saturated carbocycles. The summed E-state index contributed by atoms with van der Waals surface area (Å²) in [6.07, 6.45) is 9.58. The molecule has 2 rings (SSSR count). The second-order valence-corrected chi connectivity index (χ2v) is 6.32. The molecule has 0 aromatic carbocycles. The van der Waals surface area contributed by atoms with Crippen molar-refractivity contribution in [1.29, 1.82) is 0 Å². The van der Waals surface area contributed by atoms with E-state index in [0.29, 0.717) is 11.5 Å². The van der Waals surface area contributed by atoms with Crippen LogP contribution < -0.4 is 10.1 Å². The Morgan fingerprint density at radius 1 is 1.40 bits per heavy atom. The van der Waals surface area contributed by atoms with E-state index >= 15 is 0 Å². The number of aromatic nitrogens is 2. The zero-order valence-electron chi connectivity index (χ0n) is 13.4. The van der Waals surface area contributed by atoms with Gasteiger partial charge in [-0.15, -0.1) is 0 Å². The predicted molar refractivity (Wildman–Crippen MR) is 82.0 cm³/mol. The minimum absolute atomic E-state index is 0.300. The van der Waals surface area contributed by atoms with Crippen molar-refractivity contribution in [2.24, 2.45) is 12.5 Å². The third-order valence-electron chi connectivity index (χ3n) is 4.73. The molecule has 0 spiro atoms. The van der Waals surface area contributed by atoms with E-state index < -0.39 is 0 Å². The van der Waals surface area contributed by atoms with Gasteiger partial charge in [-0.2, -0.15) is 5.10 Å². The van der Waals surface area contributed by atoms with Crippen molar-refractivity contribution in [3.05, 3.63) is 11.9 Å². The van der Waals surface area contributed by atoms with Crippen LogP contribution in [-0.2, 0) is 7.05 Å². The Morgan fingerprint density at radius 2 is 2.10 bits per heavy atom. The van der Waals surface area contributed by atoms with E-state index in [-0.39, 0.29) is 0 Å². The predicted octanol–water partition coefficient (Wildman–Crippen LogP) is 3.44. The van der Waals surface area contributed by atoms with E-state index in [1.54, 1.807) is 7.11 Å².